The fourth-order valence-corrected chi connectivity index (χ4v) is 5.84. The molecule has 1 aliphatic carbocycles. The Kier molecular flexibility index (Phi) is 5.55. The Morgan fingerprint density at radius 1 is 1.25 bits per heavy atom. The van der Waals surface area contributed by atoms with Crippen molar-refractivity contribution in [3.63, 3.8) is 0 Å². The van der Waals surface area contributed by atoms with Crippen LogP contribution in [0, 0.1) is 5.41 Å². The van der Waals surface area contributed by atoms with Crippen molar-refractivity contribution in [2.75, 3.05) is 23.4 Å². The zero-order valence-corrected chi connectivity index (χ0v) is 19.3. The number of Topliss-reactive ketones (excluding diaryl/α,β-unsaturated/α-hetero) is 1. The number of nitrogens with zero attached hydrogens (tertiary/aromatic N) is 1. The first-order chi connectivity index (χ1) is 15.4. The molecule has 32 heavy (non-hydrogen) atoms. The summed E-state index contributed by atoms with van der Waals surface area (Å²) in [5.74, 6) is 0.104. The summed E-state index contributed by atoms with van der Waals surface area (Å²) in [6, 6.07) is 11.1. The molecule has 0 saturated carbocycles. The van der Waals surface area contributed by atoms with Crippen LogP contribution in [0.1, 0.15) is 50.4 Å². The van der Waals surface area contributed by atoms with Gasteiger partial charge < -0.3 is 15.4 Å². The van der Waals surface area contributed by atoms with Crippen molar-refractivity contribution in [2.24, 2.45) is 5.41 Å². The van der Waals surface area contributed by atoms with Gasteiger partial charge in [0.2, 0.25) is 0 Å². The highest BCUT2D eigenvalue weighted by molar-refractivity contribution is 7.10. The minimum Gasteiger partial charge on any atom is -0.376 e. The number of hydrogen-bond acceptors (Lipinski definition) is 5. The van der Waals surface area contributed by atoms with E-state index in [9.17, 15) is 9.59 Å². The lowest BCUT2D eigenvalue weighted by molar-refractivity contribution is -0.118. The molecule has 1 aromatic heterocycles. The molecule has 0 spiro atoms. The van der Waals surface area contributed by atoms with E-state index >= 15 is 0 Å². The van der Waals surface area contributed by atoms with E-state index < -0.39 is 6.04 Å². The Labute approximate surface area is 192 Å². The molecule has 3 heterocycles. The normalized spacial score (nSPS) is 24.4. The van der Waals surface area contributed by atoms with Crippen molar-refractivity contribution in [3.05, 3.63) is 57.9 Å². The molecule has 0 radical (unpaired) electrons. The number of fused-ring (bicyclic) bond motifs is 1. The first kappa shape index (κ1) is 21.2. The smallest absolute Gasteiger partial charge is 0.322 e. The number of nitrogens with one attached hydrogen (secondary N) is 2. The molecule has 7 heteroatoms. The topological polar surface area (TPSA) is 70.7 Å². The summed E-state index contributed by atoms with van der Waals surface area (Å²) in [7, 11) is 0. The molecule has 2 aliphatic heterocycles. The summed E-state index contributed by atoms with van der Waals surface area (Å²) in [6.07, 6.45) is 3.25. The Morgan fingerprint density at radius 2 is 2.09 bits per heavy atom. The highest BCUT2D eigenvalue weighted by atomic mass is 32.1. The van der Waals surface area contributed by atoms with Gasteiger partial charge in [-0.3, -0.25) is 9.69 Å². The largest absolute Gasteiger partial charge is 0.376 e. The molecular weight excluding hydrogens is 422 g/mol. The summed E-state index contributed by atoms with van der Waals surface area (Å²) < 4.78 is 5.70. The molecule has 6 nitrogen and oxygen atoms in total. The number of carbonyl (C=O) groups excluding carboxylic acids is 2. The molecule has 2 amide bonds. The maximum absolute atomic E-state index is 13.7. The van der Waals surface area contributed by atoms with Gasteiger partial charge >= 0.3 is 6.03 Å². The van der Waals surface area contributed by atoms with E-state index in [1.165, 1.54) is 0 Å². The molecule has 1 saturated heterocycles. The quantitative estimate of drug-likeness (QED) is 0.668. The second-order valence-corrected chi connectivity index (χ2v) is 10.6. The van der Waals surface area contributed by atoms with Crippen molar-refractivity contribution in [3.8, 4) is 0 Å². The average Bonchev–Trinajstić information content (AvgIpc) is 3.43. The van der Waals surface area contributed by atoms with E-state index in [1.807, 2.05) is 41.8 Å². The van der Waals surface area contributed by atoms with Crippen molar-refractivity contribution < 1.29 is 14.3 Å². The predicted octanol–water partition coefficient (Wildman–Crippen LogP) is 5.25. The lowest BCUT2D eigenvalue weighted by atomic mass is 9.74. The van der Waals surface area contributed by atoms with Gasteiger partial charge in [0.15, 0.2) is 5.78 Å². The monoisotopic (exact) mass is 451 g/mol. The molecule has 1 aromatic carbocycles. The number of hydrogen-bond donors (Lipinski definition) is 2. The van der Waals surface area contributed by atoms with Gasteiger partial charge in [0.1, 0.15) is 6.04 Å². The lowest BCUT2D eigenvalue weighted by Crippen LogP contribution is -2.46. The number of carbonyl (C=O) groups is 2. The third-order valence-corrected chi connectivity index (χ3v) is 7.36. The molecule has 0 unspecified atom stereocenters. The zero-order chi connectivity index (χ0) is 22.3. The number of para-hydroxylation sites is 2. The summed E-state index contributed by atoms with van der Waals surface area (Å²) in [6.45, 7) is 5.46. The number of ketones is 1. The van der Waals surface area contributed by atoms with E-state index in [0.29, 0.717) is 18.5 Å². The standard InChI is InChI=1S/C25H29N3O3S/c1-25(2)13-18-22(20(29)14-25)23(21-10-6-12-32-21)28(19-9-4-3-8-17(19)27-18)24(30)26-15-16-7-5-11-31-16/h3-4,6,8-10,12,16,23,27H,5,7,11,13-15H2,1-2H3,(H,26,30)/t16-,23+/m0/s1. The molecule has 2 N–H and O–H groups in total. The zero-order valence-electron chi connectivity index (χ0n) is 18.5. The minimum absolute atomic E-state index is 0.0476. The second kappa shape index (κ2) is 8.37. The first-order valence-corrected chi connectivity index (χ1v) is 12.2. The number of allylic oxidation sites excluding steroid dienone is 1. The van der Waals surface area contributed by atoms with Gasteiger partial charge in [-0.15, -0.1) is 11.3 Å². The number of amides is 2. The summed E-state index contributed by atoms with van der Waals surface area (Å²) in [5.41, 5.74) is 3.11. The van der Waals surface area contributed by atoms with E-state index in [4.69, 9.17) is 4.74 Å². The summed E-state index contributed by atoms with van der Waals surface area (Å²) in [5, 5.41) is 8.62. The van der Waals surface area contributed by atoms with E-state index in [1.54, 1.807) is 16.2 Å². The third kappa shape index (κ3) is 3.95. The van der Waals surface area contributed by atoms with Crippen molar-refractivity contribution >= 4 is 34.5 Å². The van der Waals surface area contributed by atoms with Crippen LogP contribution < -0.4 is 15.5 Å². The summed E-state index contributed by atoms with van der Waals surface area (Å²) in [4.78, 5) is 30.0. The molecule has 168 valence electrons. The average molecular weight is 452 g/mol. The van der Waals surface area contributed by atoms with Crippen LogP contribution in [-0.4, -0.2) is 31.1 Å². The number of benzene rings is 1. The molecule has 5 rings (SSSR count). The molecule has 1 fully saturated rings. The Morgan fingerprint density at radius 3 is 2.84 bits per heavy atom. The molecule has 2 atom stereocenters. The second-order valence-electron chi connectivity index (χ2n) is 9.58. The van der Waals surface area contributed by atoms with Crippen LogP contribution in [0.5, 0.6) is 0 Å². The van der Waals surface area contributed by atoms with Crippen molar-refractivity contribution in [1.82, 2.24) is 5.32 Å². The van der Waals surface area contributed by atoms with Gasteiger partial charge in [0, 0.05) is 35.7 Å². The predicted molar refractivity (Wildman–Crippen MR) is 127 cm³/mol. The fraction of sp³-hybridized carbons (Fsp3) is 0.440. The maximum atomic E-state index is 13.7. The number of ether oxygens (including phenoxy) is 1. The Balaban J connectivity index is 1.61. The van der Waals surface area contributed by atoms with Crippen LogP contribution in [0.15, 0.2) is 53.0 Å². The van der Waals surface area contributed by atoms with E-state index in [-0.39, 0.29) is 23.3 Å². The SMILES string of the molecule is CC1(C)CC(=O)C2=C(C1)Nc1ccccc1N(C(=O)NC[C@@H]1CCCO1)[C@@H]2c1cccs1. The van der Waals surface area contributed by atoms with Crippen LogP contribution in [0.25, 0.3) is 0 Å². The lowest BCUT2D eigenvalue weighted by Gasteiger charge is -2.36. The number of rotatable bonds is 3. The highest BCUT2D eigenvalue weighted by Crippen LogP contribution is 2.48. The van der Waals surface area contributed by atoms with Crippen LogP contribution >= 0.6 is 11.3 Å². The Bertz CT molecular complexity index is 1050. The van der Waals surface area contributed by atoms with E-state index in [2.05, 4.69) is 24.5 Å². The molecular formula is C25H29N3O3S. The number of anilines is 2. The van der Waals surface area contributed by atoms with Crippen molar-refractivity contribution in [2.45, 2.75) is 51.7 Å². The molecule has 3 aliphatic rings. The Hall–Kier alpha value is -2.64. The molecule has 0 bridgehead atoms. The van der Waals surface area contributed by atoms with Gasteiger partial charge in [-0.2, -0.15) is 0 Å². The van der Waals surface area contributed by atoms with Crippen LogP contribution in [-0.2, 0) is 9.53 Å². The van der Waals surface area contributed by atoms with Gasteiger partial charge in [-0.1, -0.05) is 32.0 Å². The number of urea groups is 1. The van der Waals surface area contributed by atoms with Crippen LogP contribution in [0.2, 0.25) is 0 Å². The van der Waals surface area contributed by atoms with Crippen LogP contribution in [0.3, 0.4) is 0 Å². The summed E-state index contributed by atoms with van der Waals surface area (Å²) >= 11 is 1.58. The molecule has 2 aromatic rings. The highest BCUT2D eigenvalue weighted by Gasteiger charge is 2.43. The van der Waals surface area contributed by atoms with E-state index in [0.717, 1.165) is 47.8 Å². The minimum atomic E-state index is -0.464. The number of thiophene rings is 1. The van der Waals surface area contributed by atoms with Gasteiger partial charge in [-0.05, 0) is 48.3 Å². The maximum Gasteiger partial charge on any atom is 0.322 e. The van der Waals surface area contributed by atoms with Crippen LogP contribution in [0.4, 0.5) is 16.2 Å². The fourth-order valence-electron chi connectivity index (χ4n) is 5.02. The van der Waals surface area contributed by atoms with Crippen molar-refractivity contribution in [1.29, 1.82) is 0 Å². The van der Waals surface area contributed by atoms with Gasteiger partial charge in [0.25, 0.3) is 0 Å². The first-order valence-electron chi connectivity index (χ1n) is 11.3. The third-order valence-electron chi connectivity index (χ3n) is 6.44. The van der Waals surface area contributed by atoms with Gasteiger partial charge in [0.05, 0.1) is 17.5 Å². The van der Waals surface area contributed by atoms with Gasteiger partial charge in [-0.25, -0.2) is 4.79 Å².